The van der Waals surface area contributed by atoms with Crippen molar-refractivity contribution in [3.05, 3.63) is 11.6 Å². The van der Waals surface area contributed by atoms with Gasteiger partial charge in [-0.25, -0.2) is 4.79 Å². The molecule has 0 fully saturated rings. The minimum absolute atomic E-state index is 0.201. The van der Waals surface area contributed by atoms with E-state index in [-0.39, 0.29) is 5.97 Å². The van der Waals surface area contributed by atoms with Crippen LogP contribution in [0, 0.1) is 11.3 Å². The van der Waals surface area contributed by atoms with Gasteiger partial charge in [0, 0.05) is 5.57 Å². The van der Waals surface area contributed by atoms with E-state index in [9.17, 15) is 4.79 Å². The third kappa shape index (κ3) is 20.3. The minimum Gasteiger partial charge on any atom is -0.466 e. The van der Waals surface area contributed by atoms with Crippen LogP contribution in [-0.4, -0.2) is 13.1 Å². The van der Waals surface area contributed by atoms with Crippen molar-refractivity contribution in [3.8, 4) is 0 Å². The van der Waals surface area contributed by atoms with E-state index in [4.69, 9.17) is 4.74 Å². The summed E-state index contributed by atoms with van der Waals surface area (Å²) in [6, 6.07) is 0. The van der Waals surface area contributed by atoms with Gasteiger partial charge in [-0.3, -0.25) is 0 Å². The molecule has 0 aliphatic carbocycles. The highest BCUT2D eigenvalue weighted by Crippen LogP contribution is 2.22. The van der Waals surface area contributed by atoms with Crippen LogP contribution in [0.2, 0.25) is 0 Å². The first-order chi connectivity index (χ1) is 13.8. The molecule has 172 valence electrons. The molecular formula is C27H52O2. The van der Waals surface area contributed by atoms with Crippen molar-refractivity contribution < 1.29 is 9.53 Å². The van der Waals surface area contributed by atoms with Crippen molar-refractivity contribution in [2.24, 2.45) is 11.3 Å². The van der Waals surface area contributed by atoms with Gasteiger partial charge in [0.05, 0.1) is 7.11 Å². The summed E-state index contributed by atoms with van der Waals surface area (Å²) < 4.78 is 4.75. The molecular weight excluding hydrogens is 356 g/mol. The molecule has 0 aromatic rings. The van der Waals surface area contributed by atoms with Gasteiger partial charge in [-0.15, -0.1) is 0 Å². The van der Waals surface area contributed by atoms with Gasteiger partial charge in [-0.2, -0.15) is 0 Å². The van der Waals surface area contributed by atoms with E-state index in [2.05, 4.69) is 33.8 Å². The van der Waals surface area contributed by atoms with Gasteiger partial charge in [0.15, 0.2) is 0 Å². The smallest absolute Gasteiger partial charge is 0.333 e. The summed E-state index contributed by atoms with van der Waals surface area (Å²) in [5, 5.41) is 0. The number of carbonyl (C=O) groups excluding carboxylic acids is 1. The van der Waals surface area contributed by atoms with Crippen molar-refractivity contribution in [3.63, 3.8) is 0 Å². The fourth-order valence-corrected chi connectivity index (χ4v) is 3.98. The quantitative estimate of drug-likeness (QED) is 0.128. The number of ether oxygens (including phenoxy) is 1. The highest BCUT2D eigenvalue weighted by molar-refractivity contribution is 5.87. The lowest BCUT2D eigenvalue weighted by Crippen LogP contribution is -2.03. The van der Waals surface area contributed by atoms with Gasteiger partial charge in [0.25, 0.3) is 0 Å². The summed E-state index contributed by atoms with van der Waals surface area (Å²) in [4.78, 5) is 11.4. The standard InChI is InChI=1S/C27H52O2/c1-24(23-25(2)26(28)29-6)21-19-17-15-13-11-9-7-8-10-12-14-16-18-20-22-27(3,4)5/h23-24H,7-22H2,1-6H3/b25-23-/t24-/m0/s1. The Balaban J connectivity index is 3.31. The van der Waals surface area contributed by atoms with E-state index in [1.54, 1.807) is 0 Å². The topological polar surface area (TPSA) is 26.3 Å². The van der Waals surface area contributed by atoms with Gasteiger partial charge >= 0.3 is 5.97 Å². The lowest BCUT2D eigenvalue weighted by molar-refractivity contribution is -0.136. The lowest BCUT2D eigenvalue weighted by Gasteiger charge is -2.17. The lowest BCUT2D eigenvalue weighted by atomic mass is 9.89. The normalized spacial score (nSPS) is 13.5. The molecule has 0 saturated carbocycles. The molecule has 0 heterocycles. The maximum Gasteiger partial charge on any atom is 0.333 e. The predicted octanol–water partition coefficient (Wildman–Crippen LogP) is 9.03. The van der Waals surface area contributed by atoms with Crippen LogP contribution in [0.25, 0.3) is 0 Å². The second kappa shape index (κ2) is 18.0. The molecule has 0 saturated heterocycles. The van der Waals surface area contributed by atoms with Crippen molar-refractivity contribution >= 4 is 5.97 Å². The van der Waals surface area contributed by atoms with Crippen LogP contribution in [0.1, 0.15) is 137 Å². The molecule has 0 aliphatic heterocycles. The summed E-state index contributed by atoms with van der Waals surface area (Å²) in [7, 11) is 1.44. The van der Waals surface area contributed by atoms with Crippen molar-refractivity contribution in [2.45, 2.75) is 137 Å². The van der Waals surface area contributed by atoms with Gasteiger partial charge < -0.3 is 4.74 Å². The molecule has 0 amide bonds. The van der Waals surface area contributed by atoms with Gasteiger partial charge in [-0.05, 0) is 31.1 Å². The van der Waals surface area contributed by atoms with Crippen LogP contribution in [-0.2, 0) is 9.53 Å². The number of unbranched alkanes of at least 4 members (excludes halogenated alkanes) is 13. The first-order valence-corrected chi connectivity index (χ1v) is 12.5. The fourth-order valence-electron chi connectivity index (χ4n) is 3.98. The molecule has 0 aromatic carbocycles. The van der Waals surface area contributed by atoms with E-state index in [1.165, 1.54) is 110 Å². The van der Waals surface area contributed by atoms with Crippen molar-refractivity contribution in [1.29, 1.82) is 0 Å². The first kappa shape index (κ1) is 28.2. The summed E-state index contributed by atoms with van der Waals surface area (Å²) >= 11 is 0. The summed E-state index contributed by atoms with van der Waals surface area (Å²) in [5.74, 6) is 0.264. The molecule has 1 atom stereocenters. The Morgan fingerprint density at radius 2 is 1.14 bits per heavy atom. The fraction of sp³-hybridized carbons (Fsp3) is 0.889. The van der Waals surface area contributed by atoms with Gasteiger partial charge in [0.1, 0.15) is 0 Å². The number of esters is 1. The molecule has 0 N–H and O–H groups in total. The second-order valence-corrected chi connectivity index (χ2v) is 10.4. The first-order valence-electron chi connectivity index (χ1n) is 12.5. The number of hydrogen-bond donors (Lipinski definition) is 0. The SMILES string of the molecule is COC(=O)/C(C)=C\[C@@H](C)CCCCCCCCCCCCCCCCC(C)(C)C. The highest BCUT2D eigenvalue weighted by atomic mass is 16.5. The zero-order valence-electron chi connectivity index (χ0n) is 20.8. The maximum absolute atomic E-state index is 11.4. The van der Waals surface area contributed by atoms with E-state index < -0.39 is 0 Å². The van der Waals surface area contributed by atoms with E-state index in [0.29, 0.717) is 11.3 Å². The molecule has 29 heavy (non-hydrogen) atoms. The Morgan fingerprint density at radius 3 is 1.52 bits per heavy atom. The van der Waals surface area contributed by atoms with Crippen LogP contribution in [0.15, 0.2) is 11.6 Å². The number of rotatable bonds is 18. The van der Waals surface area contributed by atoms with Crippen molar-refractivity contribution in [1.82, 2.24) is 0 Å². The predicted molar refractivity (Wildman–Crippen MR) is 128 cm³/mol. The van der Waals surface area contributed by atoms with E-state index in [1.807, 2.05) is 6.92 Å². The monoisotopic (exact) mass is 408 g/mol. The molecule has 2 heteroatoms. The third-order valence-corrected chi connectivity index (χ3v) is 5.88. The minimum atomic E-state index is -0.201. The highest BCUT2D eigenvalue weighted by Gasteiger charge is 2.08. The molecule has 2 nitrogen and oxygen atoms in total. The molecule has 0 aliphatic rings. The molecule has 0 rings (SSSR count). The summed E-state index contributed by atoms with van der Waals surface area (Å²) in [5.41, 5.74) is 1.25. The average Bonchev–Trinajstić information content (AvgIpc) is 2.65. The van der Waals surface area contributed by atoms with E-state index >= 15 is 0 Å². The Hall–Kier alpha value is -0.790. The Labute approximate surface area is 183 Å². The number of methoxy groups -OCH3 is 1. The summed E-state index contributed by atoms with van der Waals surface area (Å²) in [6.45, 7) is 11.1. The van der Waals surface area contributed by atoms with Crippen LogP contribution in [0.3, 0.4) is 0 Å². The zero-order valence-corrected chi connectivity index (χ0v) is 20.8. The third-order valence-electron chi connectivity index (χ3n) is 5.88. The average molecular weight is 409 g/mol. The largest absolute Gasteiger partial charge is 0.466 e. The number of allylic oxidation sites excluding steroid dienone is 1. The Kier molecular flexibility index (Phi) is 17.5. The molecule has 0 bridgehead atoms. The van der Waals surface area contributed by atoms with Crippen molar-refractivity contribution in [2.75, 3.05) is 7.11 Å². The molecule has 0 aromatic heterocycles. The number of hydrogen-bond acceptors (Lipinski definition) is 2. The van der Waals surface area contributed by atoms with Gasteiger partial charge in [0.2, 0.25) is 0 Å². The van der Waals surface area contributed by atoms with Gasteiger partial charge in [-0.1, -0.05) is 124 Å². The maximum atomic E-state index is 11.4. The van der Waals surface area contributed by atoms with Crippen LogP contribution < -0.4 is 0 Å². The molecule has 0 radical (unpaired) electrons. The number of carbonyl (C=O) groups is 1. The zero-order chi connectivity index (χ0) is 22.0. The summed E-state index contributed by atoms with van der Waals surface area (Å²) in [6.07, 6.45) is 24.2. The second-order valence-electron chi connectivity index (χ2n) is 10.4. The van der Waals surface area contributed by atoms with E-state index in [0.717, 1.165) is 5.57 Å². The Bertz CT molecular complexity index is 417. The van der Waals surface area contributed by atoms with Crippen LogP contribution in [0.4, 0.5) is 0 Å². The molecule has 0 unspecified atom stereocenters. The molecule has 0 spiro atoms. The van der Waals surface area contributed by atoms with Crippen LogP contribution >= 0.6 is 0 Å². The Morgan fingerprint density at radius 1 is 0.759 bits per heavy atom. The van der Waals surface area contributed by atoms with Crippen LogP contribution in [0.5, 0.6) is 0 Å².